The predicted octanol–water partition coefficient (Wildman–Crippen LogP) is 3.26. The normalized spacial score (nSPS) is 11.6. The van der Waals surface area contributed by atoms with Crippen molar-refractivity contribution in [2.75, 3.05) is 18.9 Å². The van der Waals surface area contributed by atoms with Crippen LogP contribution in [0.5, 0.6) is 5.75 Å². The first-order valence-corrected chi connectivity index (χ1v) is 5.68. The standard InChI is InChI=1S/C12H17ClFNO2/c1-12(2,3)17-5-4-16-11-6-8(13)9(14)7-10(11)15/h6-7H,4-5,15H2,1-3H3. The van der Waals surface area contributed by atoms with Gasteiger partial charge < -0.3 is 15.2 Å². The van der Waals surface area contributed by atoms with Gasteiger partial charge in [0.15, 0.2) is 0 Å². The Kier molecular flexibility index (Phi) is 4.60. The zero-order chi connectivity index (χ0) is 13.1. The third kappa shape index (κ3) is 4.79. The molecule has 2 N–H and O–H groups in total. The molecule has 0 atom stereocenters. The molecule has 0 fully saturated rings. The fourth-order valence-electron chi connectivity index (χ4n) is 1.17. The average molecular weight is 262 g/mol. The molecular weight excluding hydrogens is 245 g/mol. The number of halogens is 2. The topological polar surface area (TPSA) is 44.5 Å². The maximum atomic E-state index is 13.0. The van der Waals surface area contributed by atoms with Gasteiger partial charge in [-0.1, -0.05) is 11.6 Å². The molecule has 0 radical (unpaired) electrons. The summed E-state index contributed by atoms with van der Waals surface area (Å²) >= 11 is 5.63. The summed E-state index contributed by atoms with van der Waals surface area (Å²) in [6.07, 6.45) is 0. The molecule has 0 saturated heterocycles. The quantitative estimate of drug-likeness (QED) is 0.668. The van der Waals surface area contributed by atoms with Crippen LogP contribution in [0, 0.1) is 5.82 Å². The minimum atomic E-state index is -0.553. The van der Waals surface area contributed by atoms with E-state index < -0.39 is 5.82 Å². The Labute approximate surface area is 106 Å². The Morgan fingerprint density at radius 2 is 1.94 bits per heavy atom. The van der Waals surface area contributed by atoms with Crippen LogP contribution in [0.3, 0.4) is 0 Å². The average Bonchev–Trinajstić information content (AvgIpc) is 2.18. The summed E-state index contributed by atoms with van der Waals surface area (Å²) in [5.74, 6) is -0.184. The third-order valence-corrected chi connectivity index (χ3v) is 2.22. The lowest BCUT2D eigenvalue weighted by molar-refractivity contribution is -0.0162. The van der Waals surface area contributed by atoms with E-state index in [-0.39, 0.29) is 16.3 Å². The Bertz CT molecular complexity index is 391. The van der Waals surface area contributed by atoms with Gasteiger partial charge in [0.2, 0.25) is 0 Å². The summed E-state index contributed by atoms with van der Waals surface area (Å²) in [7, 11) is 0. The van der Waals surface area contributed by atoms with E-state index in [0.717, 1.165) is 6.07 Å². The molecule has 17 heavy (non-hydrogen) atoms. The van der Waals surface area contributed by atoms with Crippen LogP contribution in [-0.4, -0.2) is 18.8 Å². The Morgan fingerprint density at radius 1 is 1.29 bits per heavy atom. The van der Waals surface area contributed by atoms with Gasteiger partial charge >= 0.3 is 0 Å². The Morgan fingerprint density at radius 3 is 2.53 bits per heavy atom. The first kappa shape index (κ1) is 14.1. The van der Waals surface area contributed by atoms with Gasteiger partial charge in [0.05, 0.1) is 22.9 Å². The molecule has 1 rings (SSSR count). The second kappa shape index (κ2) is 5.56. The highest BCUT2D eigenvalue weighted by Gasteiger charge is 2.10. The summed E-state index contributed by atoms with van der Waals surface area (Å²) in [6, 6.07) is 2.51. The van der Waals surface area contributed by atoms with Crippen molar-refractivity contribution in [1.29, 1.82) is 0 Å². The SMILES string of the molecule is CC(C)(C)OCCOc1cc(Cl)c(F)cc1N. The monoisotopic (exact) mass is 261 g/mol. The van der Waals surface area contributed by atoms with Crippen molar-refractivity contribution in [3.63, 3.8) is 0 Å². The number of rotatable bonds is 4. The molecule has 96 valence electrons. The number of nitrogens with two attached hydrogens (primary N) is 1. The first-order chi connectivity index (χ1) is 7.79. The molecule has 0 spiro atoms. The molecule has 0 aromatic heterocycles. The predicted molar refractivity (Wildman–Crippen MR) is 67.0 cm³/mol. The fraction of sp³-hybridized carbons (Fsp3) is 0.500. The van der Waals surface area contributed by atoms with Gasteiger partial charge in [-0.15, -0.1) is 0 Å². The summed E-state index contributed by atoms with van der Waals surface area (Å²) < 4.78 is 23.9. The molecule has 5 heteroatoms. The van der Waals surface area contributed by atoms with E-state index in [4.69, 9.17) is 26.8 Å². The summed E-state index contributed by atoms with van der Waals surface area (Å²) in [6.45, 7) is 6.63. The van der Waals surface area contributed by atoms with Gasteiger partial charge in [0.1, 0.15) is 18.2 Å². The minimum Gasteiger partial charge on any atom is -0.489 e. The Hall–Kier alpha value is -1.00. The van der Waals surface area contributed by atoms with Crippen molar-refractivity contribution in [2.24, 2.45) is 0 Å². The molecule has 0 aliphatic carbocycles. The van der Waals surface area contributed by atoms with Crippen molar-refractivity contribution >= 4 is 17.3 Å². The van der Waals surface area contributed by atoms with Gasteiger partial charge in [-0.05, 0) is 20.8 Å². The highest BCUT2D eigenvalue weighted by atomic mass is 35.5. The molecule has 0 saturated carbocycles. The number of nitrogen functional groups attached to an aromatic ring is 1. The molecule has 0 aliphatic rings. The van der Waals surface area contributed by atoms with Crippen LogP contribution < -0.4 is 10.5 Å². The van der Waals surface area contributed by atoms with Crippen LogP contribution in [0.25, 0.3) is 0 Å². The van der Waals surface area contributed by atoms with Crippen LogP contribution in [0.4, 0.5) is 10.1 Å². The third-order valence-electron chi connectivity index (χ3n) is 1.93. The van der Waals surface area contributed by atoms with Gasteiger partial charge in [-0.2, -0.15) is 0 Å². The van der Waals surface area contributed by atoms with Crippen LogP contribution in [0.1, 0.15) is 20.8 Å². The second-order valence-corrected chi connectivity index (χ2v) is 5.02. The van der Waals surface area contributed by atoms with Gasteiger partial charge in [-0.25, -0.2) is 4.39 Å². The van der Waals surface area contributed by atoms with Crippen LogP contribution in [-0.2, 0) is 4.74 Å². The van der Waals surface area contributed by atoms with Crippen molar-refractivity contribution in [1.82, 2.24) is 0 Å². The molecule has 0 aliphatic heterocycles. The molecule has 1 aromatic rings. The maximum absolute atomic E-state index is 13.0. The van der Waals surface area contributed by atoms with E-state index in [2.05, 4.69) is 0 Å². The molecule has 3 nitrogen and oxygen atoms in total. The second-order valence-electron chi connectivity index (χ2n) is 4.61. The summed E-state index contributed by atoms with van der Waals surface area (Å²) in [4.78, 5) is 0. The van der Waals surface area contributed by atoms with E-state index in [9.17, 15) is 4.39 Å². The van der Waals surface area contributed by atoms with E-state index >= 15 is 0 Å². The van der Waals surface area contributed by atoms with Crippen molar-refractivity contribution in [2.45, 2.75) is 26.4 Å². The smallest absolute Gasteiger partial charge is 0.144 e. The highest BCUT2D eigenvalue weighted by Crippen LogP contribution is 2.28. The lowest BCUT2D eigenvalue weighted by Gasteiger charge is -2.19. The number of ether oxygens (including phenoxy) is 2. The molecule has 0 heterocycles. The zero-order valence-corrected chi connectivity index (χ0v) is 11.0. The van der Waals surface area contributed by atoms with E-state index in [1.165, 1.54) is 6.07 Å². The molecule has 0 unspecified atom stereocenters. The maximum Gasteiger partial charge on any atom is 0.144 e. The van der Waals surface area contributed by atoms with E-state index in [1.807, 2.05) is 20.8 Å². The van der Waals surface area contributed by atoms with Crippen LogP contribution in [0.15, 0.2) is 12.1 Å². The fourth-order valence-corrected chi connectivity index (χ4v) is 1.32. The molecule has 0 bridgehead atoms. The Balaban J connectivity index is 2.50. The zero-order valence-electron chi connectivity index (χ0n) is 10.2. The number of hydrogen-bond donors (Lipinski definition) is 1. The minimum absolute atomic E-state index is 0.00839. The van der Waals surface area contributed by atoms with Gasteiger partial charge in [0.25, 0.3) is 0 Å². The number of hydrogen-bond acceptors (Lipinski definition) is 3. The molecule has 1 aromatic carbocycles. The lowest BCUT2D eigenvalue weighted by atomic mass is 10.2. The van der Waals surface area contributed by atoms with Gasteiger partial charge in [-0.3, -0.25) is 0 Å². The number of anilines is 1. The van der Waals surface area contributed by atoms with Crippen LogP contribution in [0.2, 0.25) is 5.02 Å². The molecular formula is C12H17ClFNO2. The van der Waals surface area contributed by atoms with Crippen LogP contribution >= 0.6 is 11.6 Å². The first-order valence-electron chi connectivity index (χ1n) is 5.31. The highest BCUT2D eigenvalue weighted by molar-refractivity contribution is 6.31. The van der Waals surface area contributed by atoms with Gasteiger partial charge in [0, 0.05) is 12.1 Å². The van der Waals surface area contributed by atoms with E-state index in [0.29, 0.717) is 19.0 Å². The van der Waals surface area contributed by atoms with Crippen molar-refractivity contribution in [3.05, 3.63) is 23.0 Å². The van der Waals surface area contributed by atoms with E-state index in [1.54, 1.807) is 0 Å². The van der Waals surface area contributed by atoms with Crippen molar-refractivity contribution in [3.8, 4) is 5.75 Å². The summed E-state index contributed by atoms with van der Waals surface area (Å²) in [5, 5.41) is -0.00839. The number of benzene rings is 1. The van der Waals surface area contributed by atoms with Crippen molar-refractivity contribution < 1.29 is 13.9 Å². The largest absolute Gasteiger partial charge is 0.489 e. The summed E-state index contributed by atoms with van der Waals surface area (Å²) in [5.41, 5.74) is 5.61. The molecule has 0 amide bonds. The lowest BCUT2D eigenvalue weighted by Crippen LogP contribution is -2.22.